The Labute approximate surface area is 74.0 Å². The Morgan fingerprint density at radius 2 is 2.18 bits per heavy atom. The molecule has 2 N–H and O–H groups in total. The van der Waals surface area contributed by atoms with Crippen LogP contribution in [0, 0.1) is 13.5 Å². The summed E-state index contributed by atoms with van der Waals surface area (Å²) < 4.78 is 0.786. The van der Waals surface area contributed by atoms with E-state index < -0.39 is 0 Å². The molecule has 0 spiro atoms. The minimum atomic E-state index is 0.645. The van der Waals surface area contributed by atoms with Gasteiger partial charge in [0.25, 0.3) is 0 Å². The van der Waals surface area contributed by atoms with Crippen molar-refractivity contribution < 1.29 is 0 Å². The summed E-state index contributed by atoms with van der Waals surface area (Å²) in [6, 6.07) is 3.52. The number of halogens is 1. The summed E-state index contributed by atoms with van der Waals surface area (Å²) in [7, 11) is 0. The second-order valence-corrected chi connectivity index (χ2v) is 3.13. The van der Waals surface area contributed by atoms with Gasteiger partial charge in [0.2, 0.25) is 0 Å². The van der Waals surface area contributed by atoms with Crippen LogP contribution >= 0.6 is 15.9 Å². The number of rotatable bonds is 0. The summed E-state index contributed by atoms with van der Waals surface area (Å²) in [6.07, 6.45) is 0. The van der Waals surface area contributed by atoms with Crippen molar-refractivity contribution in [2.24, 2.45) is 0 Å². The molecule has 0 atom stereocenters. The highest BCUT2D eigenvalue weighted by molar-refractivity contribution is 9.10. The molecule has 2 nitrogen and oxygen atoms in total. The van der Waals surface area contributed by atoms with Crippen LogP contribution in [0.3, 0.4) is 0 Å². The molecule has 0 heterocycles. The minimum Gasteiger partial charge on any atom is -0.398 e. The van der Waals surface area contributed by atoms with E-state index in [0.717, 1.165) is 10.0 Å². The van der Waals surface area contributed by atoms with E-state index in [4.69, 9.17) is 12.3 Å². The minimum absolute atomic E-state index is 0.645. The van der Waals surface area contributed by atoms with E-state index in [1.807, 2.05) is 6.92 Å². The lowest BCUT2D eigenvalue weighted by atomic mass is 10.2. The standard InChI is InChI=1S/C8H7BrN2/c1-5-3-7(10)6(9)4-8(5)11-2/h3-4H,10H2,1H3. The number of nitrogens with two attached hydrogens (primary N) is 1. The van der Waals surface area contributed by atoms with Gasteiger partial charge in [-0.2, -0.15) is 0 Å². The highest BCUT2D eigenvalue weighted by atomic mass is 79.9. The zero-order valence-electron chi connectivity index (χ0n) is 6.06. The van der Waals surface area contributed by atoms with Gasteiger partial charge in [-0.1, -0.05) is 0 Å². The molecule has 0 bridgehead atoms. The maximum Gasteiger partial charge on any atom is 0.191 e. The molecule has 0 unspecified atom stereocenters. The van der Waals surface area contributed by atoms with Crippen molar-refractivity contribution >= 4 is 27.3 Å². The van der Waals surface area contributed by atoms with Crippen molar-refractivity contribution in [1.29, 1.82) is 0 Å². The quantitative estimate of drug-likeness (QED) is 0.519. The second kappa shape index (κ2) is 2.93. The Balaban J connectivity index is 3.35. The topological polar surface area (TPSA) is 30.4 Å². The zero-order chi connectivity index (χ0) is 8.43. The first-order valence-corrected chi connectivity index (χ1v) is 3.87. The third kappa shape index (κ3) is 1.52. The third-order valence-corrected chi connectivity index (χ3v) is 2.12. The highest BCUT2D eigenvalue weighted by Crippen LogP contribution is 2.28. The lowest BCUT2D eigenvalue weighted by Gasteiger charge is -2.01. The average molecular weight is 211 g/mol. The lowest BCUT2D eigenvalue weighted by Crippen LogP contribution is -1.86. The molecule has 0 saturated carbocycles. The fourth-order valence-corrected chi connectivity index (χ4v) is 1.15. The Bertz CT molecular complexity index is 326. The normalized spacial score (nSPS) is 9.18. The number of nitrogen functional groups attached to an aromatic ring is 1. The molecule has 11 heavy (non-hydrogen) atoms. The van der Waals surface area contributed by atoms with E-state index in [-0.39, 0.29) is 0 Å². The van der Waals surface area contributed by atoms with Crippen LogP contribution in [-0.4, -0.2) is 0 Å². The predicted octanol–water partition coefficient (Wildman–Crippen LogP) is 2.89. The molecule has 0 aliphatic heterocycles. The number of anilines is 1. The molecule has 0 radical (unpaired) electrons. The van der Waals surface area contributed by atoms with Crippen LogP contribution in [0.4, 0.5) is 11.4 Å². The van der Waals surface area contributed by atoms with Gasteiger partial charge in [0.15, 0.2) is 5.69 Å². The van der Waals surface area contributed by atoms with E-state index >= 15 is 0 Å². The van der Waals surface area contributed by atoms with Crippen LogP contribution in [-0.2, 0) is 0 Å². The summed E-state index contributed by atoms with van der Waals surface area (Å²) in [5.41, 5.74) is 7.83. The largest absolute Gasteiger partial charge is 0.398 e. The second-order valence-electron chi connectivity index (χ2n) is 2.27. The van der Waals surface area contributed by atoms with E-state index in [9.17, 15) is 0 Å². The highest BCUT2D eigenvalue weighted by Gasteiger charge is 2.01. The van der Waals surface area contributed by atoms with Gasteiger partial charge in [0, 0.05) is 10.2 Å². The summed E-state index contributed by atoms with van der Waals surface area (Å²) in [4.78, 5) is 3.34. The number of aryl methyl sites for hydroxylation is 1. The molecule has 1 aromatic carbocycles. The van der Waals surface area contributed by atoms with Gasteiger partial charge in [-0.15, -0.1) is 0 Å². The SMILES string of the molecule is [C-]#[N+]c1cc(Br)c(N)cc1C. The lowest BCUT2D eigenvalue weighted by molar-refractivity contribution is 1.47. The van der Waals surface area contributed by atoms with Crippen LogP contribution in [0.15, 0.2) is 16.6 Å². The molecule has 0 aromatic heterocycles. The number of hydrogen-bond donors (Lipinski definition) is 1. The maximum absolute atomic E-state index is 6.82. The Kier molecular flexibility index (Phi) is 2.16. The Morgan fingerprint density at radius 3 is 2.73 bits per heavy atom. The zero-order valence-corrected chi connectivity index (χ0v) is 7.64. The summed E-state index contributed by atoms with van der Waals surface area (Å²) >= 11 is 3.25. The Morgan fingerprint density at radius 1 is 1.55 bits per heavy atom. The summed E-state index contributed by atoms with van der Waals surface area (Å²) in [5, 5.41) is 0. The van der Waals surface area contributed by atoms with Gasteiger partial charge < -0.3 is 5.73 Å². The fraction of sp³-hybridized carbons (Fsp3) is 0.125. The van der Waals surface area contributed by atoms with Crippen molar-refractivity contribution in [2.45, 2.75) is 6.92 Å². The number of benzene rings is 1. The van der Waals surface area contributed by atoms with Crippen LogP contribution in [0.1, 0.15) is 5.56 Å². The van der Waals surface area contributed by atoms with Crippen molar-refractivity contribution in [1.82, 2.24) is 0 Å². The van der Waals surface area contributed by atoms with E-state index in [2.05, 4.69) is 20.8 Å². The first-order chi connectivity index (χ1) is 5.15. The molecule has 0 amide bonds. The molecule has 0 aliphatic rings. The van der Waals surface area contributed by atoms with Gasteiger partial charge in [-0.25, -0.2) is 4.85 Å². The first kappa shape index (κ1) is 8.09. The molecule has 1 aromatic rings. The van der Waals surface area contributed by atoms with Crippen LogP contribution in [0.2, 0.25) is 0 Å². The van der Waals surface area contributed by atoms with Gasteiger partial charge in [-0.3, -0.25) is 0 Å². The van der Waals surface area contributed by atoms with Crippen molar-refractivity contribution in [3.05, 3.63) is 33.6 Å². The molecule has 0 aliphatic carbocycles. The molecule has 56 valence electrons. The van der Waals surface area contributed by atoms with Crippen LogP contribution in [0.25, 0.3) is 4.85 Å². The van der Waals surface area contributed by atoms with E-state index in [0.29, 0.717) is 11.4 Å². The molecule has 3 heteroatoms. The van der Waals surface area contributed by atoms with Gasteiger partial charge >= 0.3 is 0 Å². The molecule has 0 saturated heterocycles. The van der Waals surface area contributed by atoms with Crippen molar-refractivity contribution in [3.8, 4) is 0 Å². The van der Waals surface area contributed by atoms with Crippen molar-refractivity contribution in [2.75, 3.05) is 5.73 Å². The Hall–Kier alpha value is -1.01. The monoisotopic (exact) mass is 210 g/mol. The van der Waals surface area contributed by atoms with Gasteiger partial charge in [-0.05, 0) is 40.5 Å². The van der Waals surface area contributed by atoms with Crippen molar-refractivity contribution in [3.63, 3.8) is 0 Å². The summed E-state index contributed by atoms with van der Waals surface area (Å²) in [5.74, 6) is 0. The van der Waals surface area contributed by atoms with E-state index in [1.165, 1.54) is 0 Å². The molecule has 0 fully saturated rings. The smallest absolute Gasteiger partial charge is 0.191 e. The summed E-state index contributed by atoms with van der Waals surface area (Å²) in [6.45, 7) is 8.69. The number of nitrogens with zero attached hydrogens (tertiary/aromatic N) is 1. The fourth-order valence-electron chi connectivity index (χ4n) is 0.814. The van der Waals surface area contributed by atoms with E-state index in [1.54, 1.807) is 12.1 Å². The first-order valence-electron chi connectivity index (χ1n) is 3.08. The molecular weight excluding hydrogens is 204 g/mol. The third-order valence-electron chi connectivity index (χ3n) is 1.44. The maximum atomic E-state index is 6.82. The molecule has 1 rings (SSSR count). The average Bonchev–Trinajstić information content (AvgIpc) is 1.97. The van der Waals surface area contributed by atoms with Crippen LogP contribution in [0.5, 0.6) is 0 Å². The van der Waals surface area contributed by atoms with Crippen LogP contribution < -0.4 is 5.73 Å². The van der Waals surface area contributed by atoms with Gasteiger partial charge in [0.05, 0.1) is 6.57 Å². The predicted molar refractivity (Wildman–Crippen MR) is 49.6 cm³/mol. The number of hydrogen-bond acceptors (Lipinski definition) is 1. The van der Waals surface area contributed by atoms with Gasteiger partial charge in [0.1, 0.15) is 0 Å². The molecular formula is C8H7BrN2.